The molecule has 0 aliphatic rings. The quantitative estimate of drug-likeness (QED) is 0.855. The highest BCUT2D eigenvalue weighted by Gasteiger charge is 2.05. The van der Waals surface area contributed by atoms with E-state index in [1.54, 1.807) is 6.07 Å². The van der Waals surface area contributed by atoms with Gasteiger partial charge in [-0.3, -0.25) is 0 Å². The van der Waals surface area contributed by atoms with E-state index in [4.69, 9.17) is 4.74 Å². The fourth-order valence-corrected chi connectivity index (χ4v) is 2.23. The van der Waals surface area contributed by atoms with Crippen LogP contribution in [-0.2, 0) is 6.54 Å². The Hall–Kier alpha value is -2.16. The van der Waals surface area contributed by atoms with Gasteiger partial charge in [0.15, 0.2) is 0 Å². The maximum atomic E-state index is 9.87. The third kappa shape index (κ3) is 4.15. The van der Waals surface area contributed by atoms with Gasteiger partial charge in [0.2, 0.25) is 0 Å². The van der Waals surface area contributed by atoms with Crippen molar-refractivity contribution in [2.75, 3.05) is 5.32 Å². The fourth-order valence-electron chi connectivity index (χ4n) is 2.23. The lowest BCUT2D eigenvalue weighted by Crippen LogP contribution is -2.06. The Kier molecular flexibility index (Phi) is 4.73. The molecule has 2 aromatic carbocycles. The van der Waals surface area contributed by atoms with Gasteiger partial charge in [0, 0.05) is 17.8 Å². The van der Waals surface area contributed by atoms with Gasteiger partial charge in [0.05, 0.1) is 6.10 Å². The molecule has 0 bridgehead atoms. The molecule has 0 aliphatic carbocycles. The van der Waals surface area contributed by atoms with Crippen LogP contribution in [0.1, 0.15) is 30.5 Å². The highest BCUT2D eigenvalue weighted by atomic mass is 16.5. The normalized spacial score (nSPS) is 10.7. The molecule has 3 heteroatoms. The standard InChI is InChI=1S/C18H23NO2/c1-12(2)21-16-6-7-17(14(4)10-16)19-11-15-9-13(3)5-8-18(15)20/h5-10,12,19-20H,11H2,1-4H3. The van der Waals surface area contributed by atoms with Crippen molar-refractivity contribution >= 4 is 5.69 Å². The van der Waals surface area contributed by atoms with E-state index in [2.05, 4.69) is 5.32 Å². The van der Waals surface area contributed by atoms with Crippen LogP contribution in [0.4, 0.5) is 5.69 Å². The van der Waals surface area contributed by atoms with Gasteiger partial charge in [-0.1, -0.05) is 17.7 Å². The summed E-state index contributed by atoms with van der Waals surface area (Å²) in [5.41, 5.74) is 4.21. The molecule has 21 heavy (non-hydrogen) atoms. The van der Waals surface area contributed by atoms with Crippen molar-refractivity contribution in [1.29, 1.82) is 0 Å². The van der Waals surface area contributed by atoms with Crippen LogP contribution in [0, 0.1) is 13.8 Å². The number of aryl methyl sites for hydroxylation is 2. The molecule has 2 aromatic rings. The lowest BCUT2D eigenvalue weighted by molar-refractivity contribution is 0.242. The summed E-state index contributed by atoms with van der Waals surface area (Å²) in [7, 11) is 0. The number of benzene rings is 2. The van der Waals surface area contributed by atoms with Crippen molar-refractivity contribution in [2.24, 2.45) is 0 Å². The van der Waals surface area contributed by atoms with E-state index < -0.39 is 0 Å². The minimum Gasteiger partial charge on any atom is -0.508 e. The summed E-state index contributed by atoms with van der Waals surface area (Å²) in [5.74, 6) is 1.21. The average molecular weight is 285 g/mol. The molecule has 0 aliphatic heterocycles. The van der Waals surface area contributed by atoms with E-state index in [1.807, 2.05) is 58.0 Å². The smallest absolute Gasteiger partial charge is 0.120 e. The number of phenolic OH excluding ortho intramolecular Hbond substituents is 1. The summed E-state index contributed by atoms with van der Waals surface area (Å²) in [5, 5.41) is 13.2. The summed E-state index contributed by atoms with van der Waals surface area (Å²) in [6, 6.07) is 11.6. The maximum absolute atomic E-state index is 9.87. The van der Waals surface area contributed by atoms with Gasteiger partial charge >= 0.3 is 0 Å². The lowest BCUT2D eigenvalue weighted by Gasteiger charge is -2.14. The molecule has 3 nitrogen and oxygen atoms in total. The first-order valence-corrected chi connectivity index (χ1v) is 7.25. The van der Waals surface area contributed by atoms with Crippen molar-refractivity contribution in [3.8, 4) is 11.5 Å². The zero-order valence-electron chi connectivity index (χ0n) is 13.1. The van der Waals surface area contributed by atoms with Crippen LogP contribution in [0.15, 0.2) is 36.4 Å². The number of phenols is 1. The van der Waals surface area contributed by atoms with E-state index in [9.17, 15) is 5.11 Å². The van der Waals surface area contributed by atoms with Crippen molar-refractivity contribution in [2.45, 2.75) is 40.3 Å². The van der Waals surface area contributed by atoms with Gasteiger partial charge in [0.25, 0.3) is 0 Å². The predicted molar refractivity (Wildman–Crippen MR) is 87.1 cm³/mol. The van der Waals surface area contributed by atoms with Crippen LogP contribution < -0.4 is 10.1 Å². The van der Waals surface area contributed by atoms with Gasteiger partial charge in [-0.2, -0.15) is 0 Å². The molecule has 0 amide bonds. The average Bonchev–Trinajstić information content (AvgIpc) is 2.41. The SMILES string of the molecule is Cc1ccc(O)c(CNc2ccc(OC(C)C)cc2C)c1. The molecular weight excluding hydrogens is 262 g/mol. The van der Waals surface area contributed by atoms with E-state index in [1.165, 1.54) is 0 Å². The lowest BCUT2D eigenvalue weighted by atomic mass is 10.1. The molecule has 0 unspecified atom stereocenters. The maximum Gasteiger partial charge on any atom is 0.120 e. The molecule has 0 aromatic heterocycles. The predicted octanol–water partition coefficient (Wildman–Crippen LogP) is 4.41. The van der Waals surface area contributed by atoms with Gasteiger partial charge in [0.1, 0.15) is 11.5 Å². The molecule has 112 valence electrons. The zero-order valence-corrected chi connectivity index (χ0v) is 13.1. The second-order valence-electron chi connectivity index (χ2n) is 5.63. The molecular formula is C18H23NO2. The summed E-state index contributed by atoms with van der Waals surface area (Å²) in [4.78, 5) is 0. The van der Waals surface area contributed by atoms with Gasteiger partial charge in [-0.25, -0.2) is 0 Å². The third-order valence-corrected chi connectivity index (χ3v) is 3.27. The second kappa shape index (κ2) is 6.53. The molecule has 0 radical (unpaired) electrons. The monoisotopic (exact) mass is 285 g/mol. The number of rotatable bonds is 5. The molecule has 0 fully saturated rings. The molecule has 0 spiro atoms. The molecule has 2 N–H and O–H groups in total. The molecule has 0 saturated heterocycles. The van der Waals surface area contributed by atoms with Crippen LogP contribution in [0.5, 0.6) is 11.5 Å². The molecule has 2 rings (SSSR count). The highest BCUT2D eigenvalue weighted by Crippen LogP contribution is 2.24. The van der Waals surface area contributed by atoms with E-state index in [0.29, 0.717) is 12.3 Å². The molecule has 0 heterocycles. The van der Waals surface area contributed by atoms with Crippen LogP contribution in [0.25, 0.3) is 0 Å². The summed E-state index contributed by atoms with van der Waals surface area (Å²) in [6.07, 6.45) is 0.174. The van der Waals surface area contributed by atoms with Crippen molar-refractivity contribution < 1.29 is 9.84 Å². The number of hydrogen-bond acceptors (Lipinski definition) is 3. The van der Waals surface area contributed by atoms with Crippen LogP contribution >= 0.6 is 0 Å². The van der Waals surface area contributed by atoms with Crippen LogP contribution in [-0.4, -0.2) is 11.2 Å². The number of aromatic hydroxyl groups is 1. The number of hydrogen-bond donors (Lipinski definition) is 2. The van der Waals surface area contributed by atoms with Crippen molar-refractivity contribution in [1.82, 2.24) is 0 Å². The van der Waals surface area contributed by atoms with Crippen molar-refractivity contribution in [3.63, 3.8) is 0 Å². The number of ether oxygens (including phenoxy) is 1. The Morgan fingerprint density at radius 3 is 2.52 bits per heavy atom. The Morgan fingerprint density at radius 2 is 1.86 bits per heavy atom. The van der Waals surface area contributed by atoms with Gasteiger partial charge in [-0.15, -0.1) is 0 Å². The topological polar surface area (TPSA) is 41.5 Å². The van der Waals surface area contributed by atoms with Gasteiger partial charge in [-0.05, 0) is 57.5 Å². The van der Waals surface area contributed by atoms with Crippen molar-refractivity contribution in [3.05, 3.63) is 53.1 Å². The van der Waals surface area contributed by atoms with Crippen LogP contribution in [0.3, 0.4) is 0 Å². The number of nitrogens with one attached hydrogen (secondary N) is 1. The summed E-state index contributed by atoms with van der Waals surface area (Å²) >= 11 is 0. The Morgan fingerprint density at radius 1 is 1.10 bits per heavy atom. The number of anilines is 1. The largest absolute Gasteiger partial charge is 0.508 e. The first-order valence-electron chi connectivity index (χ1n) is 7.25. The molecule has 0 saturated carbocycles. The third-order valence-electron chi connectivity index (χ3n) is 3.27. The molecule has 0 atom stereocenters. The Bertz CT molecular complexity index is 621. The minimum atomic E-state index is 0.174. The highest BCUT2D eigenvalue weighted by molar-refractivity contribution is 5.54. The Balaban J connectivity index is 2.08. The van der Waals surface area contributed by atoms with E-state index >= 15 is 0 Å². The van der Waals surface area contributed by atoms with E-state index in [-0.39, 0.29) is 6.10 Å². The Labute approximate surface area is 126 Å². The first-order chi connectivity index (χ1) is 9.95. The van der Waals surface area contributed by atoms with E-state index in [0.717, 1.165) is 28.1 Å². The summed E-state index contributed by atoms with van der Waals surface area (Å²) in [6.45, 7) is 8.70. The minimum absolute atomic E-state index is 0.174. The second-order valence-corrected chi connectivity index (χ2v) is 5.63. The summed E-state index contributed by atoms with van der Waals surface area (Å²) < 4.78 is 5.68. The van der Waals surface area contributed by atoms with Crippen LogP contribution in [0.2, 0.25) is 0 Å². The fraction of sp³-hybridized carbons (Fsp3) is 0.333. The first kappa shape index (κ1) is 15.2. The zero-order chi connectivity index (χ0) is 15.4. The van der Waals surface area contributed by atoms with Gasteiger partial charge < -0.3 is 15.2 Å².